The zero-order valence-corrected chi connectivity index (χ0v) is 18.7. The van der Waals surface area contributed by atoms with Crippen molar-refractivity contribution in [3.05, 3.63) is 52.5 Å². The number of nitrogens with zero attached hydrogens (tertiary/aromatic N) is 4. The predicted molar refractivity (Wildman–Crippen MR) is 123 cm³/mol. The van der Waals surface area contributed by atoms with E-state index in [0.717, 1.165) is 61.3 Å². The average Bonchev–Trinajstić information content (AvgIpc) is 3.42. The molecule has 0 aliphatic carbocycles. The lowest BCUT2D eigenvalue weighted by Crippen LogP contribution is -2.47. The van der Waals surface area contributed by atoms with Crippen LogP contribution in [-0.4, -0.2) is 66.2 Å². The Morgan fingerprint density at radius 1 is 1.17 bits per heavy atom. The van der Waals surface area contributed by atoms with Gasteiger partial charge in [-0.05, 0) is 36.1 Å². The summed E-state index contributed by atoms with van der Waals surface area (Å²) in [6, 6.07) is 9.96. The van der Waals surface area contributed by atoms with Gasteiger partial charge in [-0.15, -0.1) is 11.3 Å². The molecule has 0 unspecified atom stereocenters. The van der Waals surface area contributed by atoms with Gasteiger partial charge in [-0.2, -0.15) is 5.10 Å². The molecule has 2 aromatic heterocycles. The summed E-state index contributed by atoms with van der Waals surface area (Å²) in [6.07, 6.45) is 2.90. The molecule has 160 valence electrons. The first-order chi connectivity index (χ1) is 14.7. The molecule has 3 heterocycles. The van der Waals surface area contributed by atoms with E-state index in [2.05, 4.69) is 32.4 Å². The Labute approximate surface area is 186 Å². The third kappa shape index (κ3) is 4.64. The molecule has 1 aromatic carbocycles. The van der Waals surface area contributed by atoms with Crippen molar-refractivity contribution in [3.8, 4) is 16.3 Å². The maximum absolute atomic E-state index is 9.37. The Balaban J connectivity index is 1.38. The maximum atomic E-state index is 9.37. The highest BCUT2D eigenvalue weighted by atomic mass is 35.5. The van der Waals surface area contributed by atoms with E-state index in [0.29, 0.717) is 6.54 Å². The number of aliphatic hydroxyl groups is 1. The Morgan fingerprint density at radius 3 is 2.70 bits per heavy atom. The van der Waals surface area contributed by atoms with Gasteiger partial charge >= 0.3 is 0 Å². The number of anilines is 1. The van der Waals surface area contributed by atoms with Gasteiger partial charge in [-0.25, -0.2) is 0 Å². The molecule has 0 atom stereocenters. The quantitative estimate of drug-likeness (QED) is 0.572. The number of halogens is 1. The number of aromatic nitrogens is 2. The number of ether oxygens (including phenoxy) is 1. The zero-order chi connectivity index (χ0) is 20.9. The number of benzene rings is 1. The number of hydrogen-bond acceptors (Lipinski definition) is 6. The van der Waals surface area contributed by atoms with Gasteiger partial charge in [0.25, 0.3) is 0 Å². The third-order valence-corrected chi connectivity index (χ3v) is 6.64. The maximum Gasteiger partial charge on any atom is 0.142 e. The lowest BCUT2D eigenvalue weighted by Gasteiger charge is -2.36. The van der Waals surface area contributed by atoms with Crippen LogP contribution in [0.2, 0.25) is 5.02 Å². The van der Waals surface area contributed by atoms with Gasteiger partial charge in [0, 0.05) is 43.3 Å². The summed E-state index contributed by atoms with van der Waals surface area (Å²) in [7, 11) is 1.70. The van der Waals surface area contributed by atoms with Crippen molar-refractivity contribution in [1.29, 1.82) is 0 Å². The Hall–Kier alpha value is -2.06. The summed E-state index contributed by atoms with van der Waals surface area (Å²) >= 11 is 7.92. The summed E-state index contributed by atoms with van der Waals surface area (Å²) in [5.41, 5.74) is 3.45. The van der Waals surface area contributed by atoms with Crippen molar-refractivity contribution in [2.75, 3.05) is 51.3 Å². The minimum atomic E-state index is 0.0917. The summed E-state index contributed by atoms with van der Waals surface area (Å²) in [4.78, 5) is 6.04. The molecular weight excluding hydrogens is 420 g/mol. The Morgan fingerprint density at radius 2 is 2.00 bits per heavy atom. The van der Waals surface area contributed by atoms with E-state index >= 15 is 0 Å². The number of aliphatic hydroxyl groups excluding tert-OH is 1. The second kappa shape index (κ2) is 9.83. The molecule has 6 nitrogen and oxygen atoms in total. The molecule has 8 heteroatoms. The number of rotatable bonds is 8. The first-order valence-corrected chi connectivity index (χ1v) is 11.5. The molecule has 4 rings (SSSR count). The van der Waals surface area contributed by atoms with Gasteiger partial charge in [0.2, 0.25) is 0 Å². The van der Waals surface area contributed by atoms with Crippen LogP contribution < -0.4 is 9.64 Å². The van der Waals surface area contributed by atoms with Crippen LogP contribution in [0.1, 0.15) is 5.56 Å². The Kier molecular flexibility index (Phi) is 6.94. The van der Waals surface area contributed by atoms with Crippen molar-refractivity contribution in [1.82, 2.24) is 14.7 Å². The van der Waals surface area contributed by atoms with E-state index in [9.17, 15) is 5.11 Å². The molecule has 1 aliphatic heterocycles. The summed E-state index contributed by atoms with van der Waals surface area (Å²) in [5.74, 6) is 0.865. The molecular formula is C22H27ClN4O2S. The molecule has 1 aliphatic rings. The summed E-state index contributed by atoms with van der Waals surface area (Å²) < 4.78 is 7.44. The van der Waals surface area contributed by atoms with Crippen molar-refractivity contribution < 1.29 is 9.84 Å². The minimum Gasteiger partial charge on any atom is -0.495 e. The standard InChI is InChI=1S/C22H27ClN4O2S/c1-29-20-5-4-18(23)15-19(20)26-10-8-25(9-11-26)7-6-17-16-24-27(12-13-28)22(17)21-3-2-14-30-21/h2-5,14-16,28H,6-13H2,1H3. The van der Waals surface area contributed by atoms with Gasteiger partial charge in [-0.3, -0.25) is 9.58 Å². The molecule has 0 saturated carbocycles. The van der Waals surface area contributed by atoms with Crippen LogP contribution in [0.3, 0.4) is 0 Å². The minimum absolute atomic E-state index is 0.0917. The number of piperazine rings is 1. The van der Waals surface area contributed by atoms with Crippen molar-refractivity contribution in [2.24, 2.45) is 0 Å². The second-order valence-electron chi connectivity index (χ2n) is 7.34. The molecule has 30 heavy (non-hydrogen) atoms. The van der Waals surface area contributed by atoms with Crippen LogP contribution in [0, 0.1) is 0 Å². The normalized spacial score (nSPS) is 15.0. The molecule has 0 bridgehead atoms. The second-order valence-corrected chi connectivity index (χ2v) is 8.72. The predicted octanol–water partition coefficient (Wildman–Crippen LogP) is 3.63. The molecule has 0 spiro atoms. The first kappa shape index (κ1) is 21.2. The largest absolute Gasteiger partial charge is 0.495 e. The van der Waals surface area contributed by atoms with E-state index in [1.807, 2.05) is 29.1 Å². The SMILES string of the molecule is COc1ccc(Cl)cc1N1CCN(CCc2cnn(CCO)c2-c2cccs2)CC1. The van der Waals surface area contributed by atoms with E-state index in [-0.39, 0.29) is 6.61 Å². The fourth-order valence-corrected chi connectivity index (χ4v) is 4.95. The van der Waals surface area contributed by atoms with E-state index in [1.165, 1.54) is 10.4 Å². The van der Waals surface area contributed by atoms with E-state index in [1.54, 1.807) is 18.4 Å². The topological polar surface area (TPSA) is 53.8 Å². The highest BCUT2D eigenvalue weighted by Gasteiger charge is 2.21. The lowest BCUT2D eigenvalue weighted by atomic mass is 10.1. The van der Waals surface area contributed by atoms with Gasteiger partial charge in [-0.1, -0.05) is 17.7 Å². The highest BCUT2D eigenvalue weighted by molar-refractivity contribution is 7.13. The molecule has 0 amide bonds. The molecule has 1 fully saturated rings. The molecule has 3 aromatic rings. The van der Waals surface area contributed by atoms with Crippen LogP contribution in [0.5, 0.6) is 5.75 Å². The van der Waals surface area contributed by atoms with Gasteiger partial charge < -0.3 is 14.7 Å². The molecule has 0 radical (unpaired) electrons. The van der Waals surface area contributed by atoms with Crippen LogP contribution in [0.4, 0.5) is 5.69 Å². The van der Waals surface area contributed by atoms with E-state index < -0.39 is 0 Å². The van der Waals surface area contributed by atoms with Crippen molar-refractivity contribution in [2.45, 2.75) is 13.0 Å². The highest BCUT2D eigenvalue weighted by Crippen LogP contribution is 2.32. The average molecular weight is 447 g/mol. The van der Waals surface area contributed by atoms with Crippen LogP contribution in [0.25, 0.3) is 10.6 Å². The van der Waals surface area contributed by atoms with Crippen molar-refractivity contribution in [3.63, 3.8) is 0 Å². The third-order valence-electron chi connectivity index (χ3n) is 5.53. The van der Waals surface area contributed by atoms with Gasteiger partial charge in [0.1, 0.15) is 5.75 Å². The summed E-state index contributed by atoms with van der Waals surface area (Å²) in [5, 5.41) is 16.7. The number of hydrogen-bond donors (Lipinski definition) is 1. The van der Waals surface area contributed by atoms with Crippen LogP contribution in [0.15, 0.2) is 41.9 Å². The molecule has 1 saturated heterocycles. The van der Waals surface area contributed by atoms with E-state index in [4.69, 9.17) is 16.3 Å². The summed E-state index contributed by atoms with van der Waals surface area (Å²) in [6.45, 7) is 5.48. The monoisotopic (exact) mass is 446 g/mol. The first-order valence-electron chi connectivity index (χ1n) is 10.2. The smallest absolute Gasteiger partial charge is 0.142 e. The fourth-order valence-electron chi connectivity index (χ4n) is 3.97. The zero-order valence-electron chi connectivity index (χ0n) is 17.1. The van der Waals surface area contributed by atoms with Crippen molar-refractivity contribution >= 4 is 28.6 Å². The lowest BCUT2D eigenvalue weighted by molar-refractivity contribution is 0.260. The van der Waals surface area contributed by atoms with Gasteiger partial charge in [0.15, 0.2) is 0 Å². The Bertz CT molecular complexity index is 952. The molecule has 1 N–H and O–H groups in total. The van der Waals surface area contributed by atoms with Crippen LogP contribution >= 0.6 is 22.9 Å². The number of thiophene rings is 1. The van der Waals surface area contributed by atoms with Crippen LogP contribution in [-0.2, 0) is 13.0 Å². The number of methoxy groups -OCH3 is 1. The van der Waals surface area contributed by atoms with Gasteiger partial charge in [0.05, 0.1) is 42.7 Å². The fraction of sp³-hybridized carbons (Fsp3) is 0.409.